The third-order valence-electron chi connectivity index (χ3n) is 14.6. The number of aryl methyl sites for hydroxylation is 1. The molecular weight excluding hydrogens is 771 g/mol. The number of carbonyl (C=O) groups excluding carboxylic acids is 4. The van der Waals surface area contributed by atoms with Gasteiger partial charge in [-0.2, -0.15) is 5.10 Å². The molecule has 3 aromatic carbocycles. The average Bonchev–Trinajstić information content (AvgIpc) is 3.64. The lowest BCUT2D eigenvalue weighted by molar-refractivity contribution is -0.139. The van der Waals surface area contributed by atoms with E-state index in [1.54, 1.807) is 0 Å². The Morgan fingerprint density at radius 1 is 0.869 bits per heavy atom. The second-order valence-corrected chi connectivity index (χ2v) is 18.1. The molecule has 61 heavy (non-hydrogen) atoms. The van der Waals surface area contributed by atoms with Gasteiger partial charge in [0.1, 0.15) is 35.4 Å². The summed E-state index contributed by atoms with van der Waals surface area (Å²) in [6, 6.07) is 23.4. The molecule has 0 bridgehead atoms. The molecule has 1 atom stereocenters. The summed E-state index contributed by atoms with van der Waals surface area (Å²) in [6.45, 7) is 5.92. The number of hydrogen-bond donors (Lipinski definition) is 2. The number of nitrogens with two attached hydrogens (primary N) is 1. The van der Waals surface area contributed by atoms with E-state index in [1.807, 2.05) is 79.7 Å². The summed E-state index contributed by atoms with van der Waals surface area (Å²) in [5, 5.41) is 8.20. The topological polar surface area (TPSA) is 169 Å². The zero-order valence-electron chi connectivity index (χ0n) is 34.5. The molecule has 3 saturated heterocycles. The van der Waals surface area contributed by atoms with Gasteiger partial charge in [0.25, 0.3) is 5.91 Å². The van der Waals surface area contributed by atoms with Crippen molar-refractivity contribution >= 4 is 46.7 Å². The van der Waals surface area contributed by atoms with Gasteiger partial charge in [-0.05, 0) is 143 Å². The van der Waals surface area contributed by atoms with Crippen LogP contribution in [0.3, 0.4) is 0 Å². The van der Waals surface area contributed by atoms with Crippen LogP contribution in [0.4, 0.5) is 11.5 Å². The maximum absolute atomic E-state index is 13.6. The molecule has 3 aliphatic heterocycles. The lowest BCUT2D eigenvalue weighted by Crippen LogP contribution is -2.58. The molecule has 0 radical (unpaired) electrons. The smallest absolute Gasteiger partial charge is 0.261 e. The van der Waals surface area contributed by atoms with Crippen LogP contribution >= 0.6 is 0 Å². The summed E-state index contributed by atoms with van der Waals surface area (Å²) in [5.74, 6) is 0.455. The van der Waals surface area contributed by atoms with Crippen molar-refractivity contribution in [3.8, 4) is 22.8 Å². The Hall–Kier alpha value is -6.15. The summed E-state index contributed by atoms with van der Waals surface area (Å²) >= 11 is 0. The second kappa shape index (κ2) is 15.4. The number of anilines is 2. The Labute approximate surface area is 354 Å². The summed E-state index contributed by atoms with van der Waals surface area (Å²) in [4.78, 5) is 64.8. The quantitative estimate of drug-likeness (QED) is 0.124. The highest BCUT2D eigenvalue weighted by atomic mass is 16.5. The largest absolute Gasteiger partial charge is 0.457 e. The molecule has 5 aromatic rings. The van der Waals surface area contributed by atoms with Gasteiger partial charge < -0.3 is 20.3 Å². The molecule has 314 valence electrons. The fourth-order valence-electron chi connectivity index (χ4n) is 10.9. The van der Waals surface area contributed by atoms with Crippen molar-refractivity contribution in [1.29, 1.82) is 0 Å². The number of rotatable bonds is 9. The molecule has 5 fully saturated rings. The van der Waals surface area contributed by atoms with Crippen LogP contribution in [0.25, 0.3) is 22.3 Å². The minimum Gasteiger partial charge on any atom is -0.457 e. The van der Waals surface area contributed by atoms with Crippen LogP contribution in [0.1, 0.15) is 86.2 Å². The van der Waals surface area contributed by atoms with E-state index < -0.39 is 23.8 Å². The predicted molar refractivity (Wildman–Crippen MR) is 230 cm³/mol. The van der Waals surface area contributed by atoms with E-state index in [4.69, 9.17) is 15.6 Å². The Balaban J connectivity index is 0.728. The third-order valence-corrected chi connectivity index (χ3v) is 14.6. The van der Waals surface area contributed by atoms with Crippen molar-refractivity contribution in [2.75, 3.05) is 36.8 Å². The molecule has 14 nitrogen and oxygen atoms in total. The first kappa shape index (κ1) is 39.0. The monoisotopic (exact) mass is 821 g/mol. The lowest BCUT2D eigenvalue weighted by Gasteiger charge is -2.59. The second-order valence-electron chi connectivity index (χ2n) is 18.1. The van der Waals surface area contributed by atoms with E-state index in [9.17, 15) is 19.2 Å². The molecule has 10 rings (SSSR count). The van der Waals surface area contributed by atoms with E-state index in [-0.39, 0.29) is 18.9 Å². The van der Waals surface area contributed by atoms with E-state index in [0.29, 0.717) is 34.7 Å². The van der Waals surface area contributed by atoms with Crippen molar-refractivity contribution in [2.45, 2.75) is 89.3 Å². The highest BCUT2D eigenvalue weighted by Gasteiger charge is 2.52. The molecular formula is C47H51N9O5. The number of nitrogens with zero attached hydrogens (tertiary/aromatic N) is 7. The summed E-state index contributed by atoms with van der Waals surface area (Å²) in [5.41, 5.74) is 11.8. The average molecular weight is 822 g/mol. The first-order valence-electron chi connectivity index (χ1n) is 21.6. The number of hydrogen-bond acceptors (Lipinski definition) is 11. The van der Waals surface area contributed by atoms with Crippen molar-refractivity contribution in [2.24, 2.45) is 10.8 Å². The zero-order valence-corrected chi connectivity index (χ0v) is 34.5. The number of ether oxygens (including phenoxy) is 1. The van der Waals surface area contributed by atoms with Gasteiger partial charge in [0.2, 0.25) is 18.2 Å². The van der Waals surface area contributed by atoms with Gasteiger partial charge in [0, 0.05) is 42.4 Å². The number of benzene rings is 3. The van der Waals surface area contributed by atoms with Gasteiger partial charge in [0.05, 0.1) is 11.4 Å². The first-order chi connectivity index (χ1) is 29.6. The van der Waals surface area contributed by atoms with Crippen LogP contribution in [0.15, 0.2) is 79.1 Å². The number of carbonyl (C=O) groups is 4. The van der Waals surface area contributed by atoms with Gasteiger partial charge in [0.15, 0.2) is 5.65 Å². The van der Waals surface area contributed by atoms with Gasteiger partial charge in [-0.1, -0.05) is 24.3 Å². The Morgan fingerprint density at radius 3 is 2.23 bits per heavy atom. The molecule has 4 amide bonds. The van der Waals surface area contributed by atoms with Crippen LogP contribution in [0.5, 0.6) is 11.5 Å². The normalized spacial score (nSPS) is 21.5. The number of piperidine rings is 3. The third kappa shape index (κ3) is 7.19. The maximum atomic E-state index is 13.6. The highest BCUT2D eigenvalue weighted by Crippen LogP contribution is 2.58. The fourth-order valence-corrected chi connectivity index (χ4v) is 10.9. The van der Waals surface area contributed by atoms with Gasteiger partial charge >= 0.3 is 0 Å². The van der Waals surface area contributed by atoms with E-state index in [2.05, 4.69) is 29.8 Å². The molecule has 14 heteroatoms. The van der Waals surface area contributed by atoms with E-state index in [1.165, 1.54) is 32.0 Å². The summed E-state index contributed by atoms with van der Waals surface area (Å²) in [7, 11) is 0. The molecule has 2 aromatic heterocycles. The molecule has 5 aliphatic rings. The lowest BCUT2D eigenvalue weighted by atomic mass is 9.57. The molecule has 5 heterocycles. The van der Waals surface area contributed by atoms with Crippen LogP contribution in [0, 0.1) is 17.8 Å². The number of fused-ring (bicyclic) bond motifs is 1. The number of likely N-dealkylation sites (tertiary alicyclic amines) is 1. The Kier molecular flexibility index (Phi) is 9.85. The van der Waals surface area contributed by atoms with Crippen LogP contribution in [0.2, 0.25) is 0 Å². The van der Waals surface area contributed by atoms with Crippen LogP contribution in [-0.4, -0.2) is 91.9 Å². The van der Waals surface area contributed by atoms with Crippen molar-refractivity contribution in [3.63, 3.8) is 0 Å². The van der Waals surface area contributed by atoms with Crippen molar-refractivity contribution in [3.05, 3.63) is 90.3 Å². The molecule has 2 aliphatic carbocycles. The van der Waals surface area contributed by atoms with E-state index in [0.717, 1.165) is 102 Å². The Bertz CT molecular complexity index is 2490. The van der Waals surface area contributed by atoms with Crippen molar-refractivity contribution in [1.82, 2.24) is 34.9 Å². The SMILES string of the molecule is Cc1ccc(N2CCC3(CC2)CC(N2CCC4(CC2)CC(n2nc(-c5ccc(Oc6ccccc6)cc5)c5c(N)ncnc52)C4)C3)cc1C(=O)N(C=O)C1CCC(=O)NC1=O. The van der Waals surface area contributed by atoms with Gasteiger partial charge in [-0.3, -0.25) is 29.4 Å². The highest BCUT2D eigenvalue weighted by molar-refractivity contribution is 6.08. The van der Waals surface area contributed by atoms with Crippen LogP contribution in [-0.2, 0) is 14.4 Å². The molecule has 2 saturated carbocycles. The number of nitrogens with one attached hydrogen (secondary N) is 1. The number of amides is 4. The van der Waals surface area contributed by atoms with Crippen molar-refractivity contribution < 1.29 is 23.9 Å². The number of nitrogen functional groups attached to an aromatic ring is 1. The predicted octanol–water partition coefficient (Wildman–Crippen LogP) is 6.45. The summed E-state index contributed by atoms with van der Waals surface area (Å²) < 4.78 is 8.13. The van der Waals surface area contributed by atoms with Crippen LogP contribution < -0.4 is 20.7 Å². The minimum atomic E-state index is -0.993. The molecule has 1 unspecified atom stereocenters. The number of imide groups is 2. The molecule has 3 N–H and O–H groups in total. The fraction of sp³-hybridized carbons (Fsp3) is 0.426. The summed E-state index contributed by atoms with van der Waals surface area (Å²) in [6.07, 6.45) is 11.4. The maximum Gasteiger partial charge on any atom is 0.261 e. The minimum absolute atomic E-state index is 0.0889. The number of aromatic nitrogens is 4. The van der Waals surface area contributed by atoms with Gasteiger partial charge in [-0.25, -0.2) is 14.6 Å². The Morgan fingerprint density at radius 2 is 1.54 bits per heavy atom. The molecule has 2 spiro atoms. The van der Waals surface area contributed by atoms with E-state index >= 15 is 0 Å². The first-order valence-corrected chi connectivity index (χ1v) is 21.6. The zero-order chi connectivity index (χ0) is 41.9. The van der Waals surface area contributed by atoms with Gasteiger partial charge in [-0.15, -0.1) is 0 Å². The standard InChI is InChI=1S/C47H51N9O5/c1-30-7-10-32(23-37(30)45(60)55(29-57)38-13-14-39(58)51-44(38)59)53-19-15-46(16-20-53)24-33(25-46)54-21-17-47(18-22-54)26-34(27-47)56-43-40(42(48)49-28-50-43)41(52-56)31-8-11-36(12-9-31)61-35-5-3-2-4-6-35/h2-12,23,28-29,33-34,38H,13-22,24-27H2,1H3,(H2,48,49,50)(H,51,58,59). The number of para-hydroxylation sites is 1.